The van der Waals surface area contributed by atoms with Gasteiger partial charge >= 0.3 is 5.97 Å². The number of nitro groups is 1. The fraction of sp³-hybridized carbons (Fsp3) is 0.105. The van der Waals surface area contributed by atoms with Crippen LogP contribution in [0.25, 0.3) is 6.08 Å². The first-order valence-corrected chi connectivity index (χ1v) is 10.5. The molecule has 3 rings (SSSR count). The summed E-state index contributed by atoms with van der Waals surface area (Å²) in [7, 11) is 0. The van der Waals surface area contributed by atoms with Crippen molar-refractivity contribution in [3.63, 3.8) is 0 Å². The Labute approximate surface area is 192 Å². The molecule has 0 bridgehead atoms. The lowest BCUT2D eigenvalue weighted by molar-refractivity contribution is -0.384. The zero-order valence-corrected chi connectivity index (χ0v) is 18.6. The van der Waals surface area contributed by atoms with Gasteiger partial charge in [-0.05, 0) is 57.0 Å². The molecule has 2 amide bonds. The lowest BCUT2D eigenvalue weighted by Crippen LogP contribution is -2.27. The van der Waals surface area contributed by atoms with Gasteiger partial charge in [0.25, 0.3) is 16.8 Å². The van der Waals surface area contributed by atoms with Gasteiger partial charge in [-0.1, -0.05) is 23.7 Å². The third-order valence-electron chi connectivity index (χ3n) is 3.99. The van der Waals surface area contributed by atoms with Gasteiger partial charge < -0.3 is 9.84 Å². The Morgan fingerprint density at radius 1 is 1.32 bits per heavy atom. The van der Waals surface area contributed by atoms with Crippen LogP contribution in [0.5, 0.6) is 5.75 Å². The maximum absolute atomic E-state index is 12.7. The summed E-state index contributed by atoms with van der Waals surface area (Å²) in [5.41, 5.74) is 0.800. The number of carbonyl (C=O) groups is 3. The van der Waals surface area contributed by atoms with Crippen molar-refractivity contribution in [3.05, 3.63) is 72.0 Å². The van der Waals surface area contributed by atoms with E-state index in [-0.39, 0.29) is 27.9 Å². The summed E-state index contributed by atoms with van der Waals surface area (Å²) < 4.78 is 5.50. The van der Waals surface area contributed by atoms with E-state index in [0.717, 1.165) is 16.7 Å². The number of nitro benzene ring substituents is 1. The molecule has 1 N–H and O–H groups in total. The molecule has 1 fully saturated rings. The van der Waals surface area contributed by atoms with E-state index in [0.29, 0.717) is 15.6 Å². The molecule has 0 spiro atoms. The normalized spacial score (nSPS) is 14.9. The highest BCUT2D eigenvalue weighted by atomic mass is 79.9. The second-order valence-corrected chi connectivity index (χ2v) is 8.45. The number of rotatable bonds is 7. The summed E-state index contributed by atoms with van der Waals surface area (Å²) in [6.07, 6.45) is 1.47. The van der Waals surface area contributed by atoms with Gasteiger partial charge in [-0.15, -0.1) is 0 Å². The fourth-order valence-electron chi connectivity index (χ4n) is 2.67. The monoisotopic (exact) mass is 526 g/mol. The first kappa shape index (κ1) is 22.8. The first-order chi connectivity index (χ1) is 14.7. The minimum absolute atomic E-state index is 0.101. The Hall–Kier alpha value is -2.89. The van der Waals surface area contributed by atoms with Gasteiger partial charge in [-0.3, -0.25) is 24.6 Å². The standard InChI is InChI=1S/C19H12BrClN2O7S/c20-13-5-11(6-14(21)17(13)30-9-16(24)25)7-15-18(26)22(19(27)31-15)8-10-2-1-3-12(4-10)23(28)29/h1-7H,8-9H2,(H,24,25). The Kier molecular flexibility index (Phi) is 6.98. The van der Waals surface area contributed by atoms with Gasteiger partial charge in [0.15, 0.2) is 12.4 Å². The molecule has 0 unspecified atom stereocenters. The van der Waals surface area contributed by atoms with Crippen molar-refractivity contribution in [2.75, 3.05) is 6.61 Å². The number of amides is 2. The topological polar surface area (TPSA) is 127 Å². The Morgan fingerprint density at radius 2 is 2.06 bits per heavy atom. The third-order valence-corrected chi connectivity index (χ3v) is 5.77. The van der Waals surface area contributed by atoms with E-state index >= 15 is 0 Å². The third kappa shape index (κ3) is 5.43. The quantitative estimate of drug-likeness (QED) is 0.311. The van der Waals surface area contributed by atoms with E-state index in [1.165, 1.54) is 30.3 Å². The van der Waals surface area contributed by atoms with E-state index in [4.69, 9.17) is 21.4 Å². The highest BCUT2D eigenvalue weighted by Gasteiger charge is 2.35. The van der Waals surface area contributed by atoms with Crippen LogP contribution in [0.3, 0.4) is 0 Å². The van der Waals surface area contributed by atoms with Gasteiger partial charge in [0.05, 0.1) is 25.9 Å². The SMILES string of the molecule is O=C(O)COc1c(Cl)cc(C=C2SC(=O)N(Cc3cccc([N+](=O)[O-])c3)C2=O)cc1Br. The second-order valence-electron chi connectivity index (χ2n) is 6.19. The number of aliphatic carboxylic acids is 1. The van der Waals surface area contributed by atoms with Crippen LogP contribution in [0.15, 0.2) is 45.8 Å². The molecule has 1 saturated heterocycles. The highest BCUT2D eigenvalue weighted by molar-refractivity contribution is 9.10. The van der Waals surface area contributed by atoms with Crippen LogP contribution < -0.4 is 4.74 Å². The van der Waals surface area contributed by atoms with Crippen molar-refractivity contribution < 1.29 is 29.2 Å². The predicted octanol–water partition coefficient (Wildman–Crippen LogP) is 4.71. The van der Waals surface area contributed by atoms with E-state index < -0.39 is 28.6 Å². The van der Waals surface area contributed by atoms with Crippen LogP contribution in [-0.2, 0) is 16.1 Å². The van der Waals surface area contributed by atoms with Gasteiger partial charge in [-0.25, -0.2) is 4.79 Å². The first-order valence-electron chi connectivity index (χ1n) is 8.48. The molecule has 31 heavy (non-hydrogen) atoms. The number of nitrogens with zero attached hydrogens (tertiary/aromatic N) is 2. The van der Waals surface area contributed by atoms with Crippen molar-refractivity contribution >= 4 is 68.2 Å². The zero-order valence-electron chi connectivity index (χ0n) is 15.4. The van der Waals surface area contributed by atoms with Gasteiger partial charge in [0.1, 0.15) is 0 Å². The van der Waals surface area contributed by atoms with Crippen molar-refractivity contribution in [2.45, 2.75) is 6.54 Å². The highest BCUT2D eigenvalue weighted by Crippen LogP contribution is 2.38. The summed E-state index contributed by atoms with van der Waals surface area (Å²) >= 11 is 10.1. The molecule has 0 atom stereocenters. The molecule has 2 aromatic rings. The summed E-state index contributed by atoms with van der Waals surface area (Å²) in [5, 5.41) is 19.3. The molecule has 12 heteroatoms. The molecular weight excluding hydrogens is 516 g/mol. The summed E-state index contributed by atoms with van der Waals surface area (Å²) in [6, 6.07) is 8.74. The summed E-state index contributed by atoms with van der Waals surface area (Å²) in [5.74, 6) is -1.57. The Morgan fingerprint density at radius 3 is 2.71 bits per heavy atom. The number of halogens is 2. The average Bonchev–Trinajstić information content (AvgIpc) is 2.94. The zero-order chi connectivity index (χ0) is 22.7. The van der Waals surface area contributed by atoms with Crippen molar-refractivity contribution in [1.82, 2.24) is 4.90 Å². The number of carboxylic acids is 1. The number of carboxylic acid groups (broad SMARTS) is 1. The van der Waals surface area contributed by atoms with Gasteiger partial charge in [0, 0.05) is 12.1 Å². The largest absolute Gasteiger partial charge is 0.479 e. The number of ether oxygens (including phenoxy) is 1. The molecule has 1 heterocycles. The fourth-order valence-corrected chi connectivity index (χ4v) is 4.50. The van der Waals surface area contributed by atoms with Crippen LogP contribution in [0, 0.1) is 10.1 Å². The number of carbonyl (C=O) groups excluding carboxylic acids is 2. The Bertz CT molecular complexity index is 1110. The number of hydrogen-bond acceptors (Lipinski definition) is 7. The van der Waals surface area contributed by atoms with E-state index in [1.807, 2.05) is 0 Å². The number of non-ortho nitro benzene ring substituents is 1. The number of hydrogen-bond donors (Lipinski definition) is 1. The molecule has 1 aliphatic heterocycles. The van der Waals surface area contributed by atoms with E-state index in [9.17, 15) is 24.5 Å². The van der Waals surface area contributed by atoms with Crippen LogP contribution >= 0.6 is 39.3 Å². The molecule has 0 aromatic heterocycles. The second kappa shape index (κ2) is 9.50. The predicted molar refractivity (Wildman–Crippen MR) is 117 cm³/mol. The maximum Gasteiger partial charge on any atom is 0.341 e. The molecular formula is C19H12BrClN2O7S. The maximum atomic E-state index is 12.7. The summed E-state index contributed by atoms with van der Waals surface area (Å²) in [4.78, 5) is 47.2. The van der Waals surface area contributed by atoms with Crippen molar-refractivity contribution in [1.29, 1.82) is 0 Å². The molecule has 9 nitrogen and oxygen atoms in total. The van der Waals surface area contributed by atoms with Crippen LogP contribution in [0.1, 0.15) is 11.1 Å². The molecule has 0 saturated carbocycles. The smallest absolute Gasteiger partial charge is 0.341 e. The Balaban J connectivity index is 1.81. The number of imide groups is 1. The van der Waals surface area contributed by atoms with Crippen LogP contribution in [0.4, 0.5) is 10.5 Å². The van der Waals surface area contributed by atoms with Crippen LogP contribution in [0.2, 0.25) is 5.02 Å². The molecule has 1 aliphatic rings. The average molecular weight is 528 g/mol. The molecule has 0 radical (unpaired) electrons. The molecule has 2 aromatic carbocycles. The van der Waals surface area contributed by atoms with E-state index in [1.54, 1.807) is 12.1 Å². The lowest BCUT2D eigenvalue weighted by Gasteiger charge is -2.12. The lowest BCUT2D eigenvalue weighted by atomic mass is 10.1. The van der Waals surface area contributed by atoms with Crippen LogP contribution in [-0.4, -0.2) is 38.7 Å². The van der Waals surface area contributed by atoms with Crippen molar-refractivity contribution in [2.24, 2.45) is 0 Å². The molecule has 160 valence electrons. The summed E-state index contributed by atoms with van der Waals surface area (Å²) in [6.45, 7) is -0.676. The number of thioether (sulfide) groups is 1. The number of benzene rings is 2. The van der Waals surface area contributed by atoms with Crippen molar-refractivity contribution in [3.8, 4) is 5.75 Å². The van der Waals surface area contributed by atoms with Gasteiger partial charge in [-0.2, -0.15) is 0 Å². The molecule has 0 aliphatic carbocycles. The minimum Gasteiger partial charge on any atom is -0.479 e. The van der Waals surface area contributed by atoms with Gasteiger partial charge in [0.2, 0.25) is 0 Å². The minimum atomic E-state index is -1.16. The van der Waals surface area contributed by atoms with E-state index in [2.05, 4.69) is 15.9 Å².